The molecule has 2 aliphatic rings. The largest absolute Gasteiger partial charge is 0.322 e. The van der Waals surface area contributed by atoms with Gasteiger partial charge < -0.3 is 4.74 Å². The Kier molecular flexibility index (Phi) is 1.69. The molecular formula is C8H9NO3. The molecule has 2 rings (SSSR count). The third-order valence-corrected chi connectivity index (χ3v) is 2.29. The Bertz CT molecular complexity index is 269. The van der Waals surface area contributed by atoms with E-state index in [1.807, 2.05) is 18.2 Å². The molecule has 0 amide bonds. The molecule has 0 radical (unpaired) electrons. The lowest BCUT2D eigenvalue weighted by Crippen LogP contribution is -2.26. The molecule has 1 saturated heterocycles. The molecular weight excluding hydrogens is 158 g/mol. The summed E-state index contributed by atoms with van der Waals surface area (Å²) in [6.45, 7) is 0.417. The Morgan fingerprint density at radius 1 is 1.67 bits per heavy atom. The summed E-state index contributed by atoms with van der Waals surface area (Å²) in [6, 6.07) is 0. The third-order valence-electron chi connectivity index (χ3n) is 2.29. The molecule has 4 nitrogen and oxygen atoms in total. The second-order valence-corrected chi connectivity index (χ2v) is 3.00. The maximum atomic E-state index is 10.5. The van der Waals surface area contributed by atoms with Gasteiger partial charge in [0.15, 0.2) is 0 Å². The topological polar surface area (TPSA) is 52.4 Å². The molecule has 0 N–H and O–H groups in total. The van der Waals surface area contributed by atoms with E-state index in [0.717, 1.165) is 12.0 Å². The van der Waals surface area contributed by atoms with Crippen LogP contribution in [0.4, 0.5) is 0 Å². The van der Waals surface area contributed by atoms with Gasteiger partial charge in [0.25, 0.3) is 0 Å². The van der Waals surface area contributed by atoms with Gasteiger partial charge in [0.2, 0.25) is 0 Å². The number of fused-ring (bicyclic) bond motifs is 1. The van der Waals surface area contributed by atoms with Gasteiger partial charge >= 0.3 is 6.23 Å². The maximum absolute atomic E-state index is 10.5. The van der Waals surface area contributed by atoms with E-state index in [0.29, 0.717) is 6.61 Å². The highest BCUT2D eigenvalue weighted by Gasteiger charge is 2.40. The molecule has 1 heterocycles. The zero-order valence-electron chi connectivity index (χ0n) is 6.47. The molecule has 12 heavy (non-hydrogen) atoms. The normalized spacial score (nSPS) is 32.8. The van der Waals surface area contributed by atoms with Crippen LogP contribution < -0.4 is 0 Å². The first kappa shape index (κ1) is 7.49. The monoisotopic (exact) mass is 167 g/mol. The molecule has 1 aliphatic heterocycles. The molecule has 4 heteroatoms. The summed E-state index contributed by atoms with van der Waals surface area (Å²) >= 11 is 0. The van der Waals surface area contributed by atoms with E-state index in [2.05, 4.69) is 0 Å². The molecule has 64 valence electrons. The highest BCUT2D eigenvalue weighted by atomic mass is 16.7. The molecule has 1 aliphatic carbocycles. The first-order valence-electron chi connectivity index (χ1n) is 3.90. The van der Waals surface area contributed by atoms with Crippen molar-refractivity contribution in [1.29, 1.82) is 0 Å². The van der Waals surface area contributed by atoms with Crippen molar-refractivity contribution in [2.24, 2.45) is 5.92 Å². The number of rotatable bonds is 1. The zero-order chi connectivity index (χ0) is 8.55. The van der Waals surface area contributed by atoms with Crippen molar-refractivity contribution >= 4 is 0 Å². The van der Waals surface area contributed by atoms with E-state index >= 15 is 0 Å². The van der Waals surface area contributed by atoms with Crippen LogP contribution in [0.15, 0.2) is 23.8 Å². The van der Waals surface area contributed by atoms with Crippen LogP contribution in [0.5, 0.6) is 0 Å². The lowest BCUT2D eigenvalue weighted by molar-refractivity contribution is -0.576. The van der Waals surface area contributed by atoms with Gasteiger partial charge in [-0.3, -0.25) is 10.1 Å². The first-order chi connectivity index (χ1) is 5.79. The van der Waals surface area contributed by atoms with Crippen molar-refractivity contribution < 1.29 is 9.66 Å². The van der Waals surface area contributed by atoms with Gasteiger partial charge in [0.05, 0.1) is 17.4 Å². The van der Waals surface area contributed by atoms with Crippen LogP contribution in [0.1, 0.15) is 6.42 Å². The Balaban J connectivity index is 2.20. The van der Waals surface area contributed by atoms with Gasteiger partial charge in [-0.1, -0.05) is 18.2 Å². The van der Waals surface area contributed by atoms with E-state index in [-0.39, 0.29) is 10.8 Å². The third kappa shape index (κ3) is 1.04. The van der Waals surface area contributed by atoms with Crippen LogP contribution in [0, 0.1) is 16.0 Å². The van der Waals surface area contributed by atoms with E-state index in [1.165, 1.54) is 0 Å². The highest BCUT2D eigenvalue weighted by molar-refractivity contribution is 5.24. The lowest BCUT2D eigenvalue weighted by Gasteiger charge is -2.11. The minimum Gasteiger partial charge on any atom is -0.312 e. The molecule has 0 aromatic heterocycles. The second kappa shape index (κ2) is 2.71. The molecule has 0 aromatic carbocycles. The average molecular weight is 167 g/mol. The van der Waals surface area contributed by atoms with E-state index in [9.17, 15) is 10.1 Å². The minimum absolute atomic E-state index is 0.0231. The van der Waals surface area contributed by atoms with Crippen molar-refractivity contribution in [3.8, 4) is 0 Å². The van der Waals surface area contributed by atoms with E-state index in [1.54, 1.807) is 0 Å². The van der Waals surface area contributed by atoms with Gasteiger partial charge in [0, 0.05) is 0 Å². The summed E-state index contributed by atoms with van der Waals surface area (Å²) in [4.78, 5) is 10.1. The van der Waals surface area contributed by atoms with Crippen LogP contribution in [0.3, 0.4) is 0 Å². The number of allylic oxidation sites excluding steroid dienone is 3. The van der Waals surface area contributed by atoms with Crippen molar-refractivity contribution in [2.45, 2.75) is 12.6 Å². The summed E-state index contributed by atoms with van der Waals surface area (Å²) in [7, 11) is 0. The molecule has 0 saturated carbocycles. The quantitative estimate of drug-likeness (QED) is 0.434. The second-order valence-electron chi connectivity index (χ2n) is 3.00. The van der Waals surface area contributed by atoms with Gasteiger partial charge in [0.1, 0.15) is 0 Å². The first-order valence-corrected chi connectivity index (χ1v) is 3.90. The molecule has 0 aromatic rings. The number of nitrogens with zero attached hydrogens (tertiary/aromatic N) is 1. The zero-order valence-corrected chi connectivity index (χ0v) is 6.47. The van der Waals surface area contributed by atoms with Gasteiger partial charge in [-0.2, -0.15) is 0 Å². The molecule has 2 atom stereocenters. The summed E-state index contributed by atoms with van der Waals surface area (Å²) in [5.74, 6) is -0.0231. The van der Waals surface area contributed by atoms with Gasteiger partial charge in [-0.05, 0) is 12.0 Å². The van der Waals surface area contributed by atoms with Crippen molar-refractivity contribution in [1.82, 2.24) is 0 Å². The summed E-state index contributed by atoms with van der Waals surface area (Å²) in [5, 5.41) is 10.5. The maximum Gasteiger partial charge on any atom is 0.322 e. The van der Waals surface area contributed by atoms with Crippen LogP contribution in [0.2, 0.25) is 0 Å². The Hall–Kier alpha value is -1.16. The molecule has 1 fully saturated rings. The van der Waals surface area contributed by atoms with Gasteiger partial charge in [-0.15, -0.1) is 0 Å². The molecule has 0 bridgehead atoms. The fraction of sp³-hybridized carbons (Fsp3) is 0.500. The van der Waals surface area contributed by atoms with Crippen molar-refractivity contribution in [3.63, 3.8) is 0 Å². The van der Waals surface area contributed by atoms with E-state index in [4.69, 9.17) is 4.74 Å². The Morgan fingerprint density at radius 2 is 2.50 bits per heavy atom. The minimum atomic E-state index is -0.818. The van der Waals surface area contributed by atoms with Crippen LogP contribution >= 0.6 is 0 Å². The molecule has 2 unspecified atom stereocenters. The number of hydrogen-bond acceptors (Lipinski definition) is 3. The van der Waals surface area contributed by atoms with Crippen molar-refractivity contribution in [2.75, 3.05) is 6.61 Å². The van der Waals surface area contributed by atoms with Crippen molar-refractivity contribution in [3.05, 3.63) is 33.9 Å². The average Bonchev–Trinajstić information content (AvgIpc) is 2.47. The summed E-state index contributed by atoms with van der Waals surface area (Å²) in [5.41, 5.74) is 1.05. The lowest BCUT2D eigenvalue weighted by atomic mass is 9.93. The summed E-state index contributed by atoms with van der Waals surface area (Å²) in [6.07, 6.45) is 5.70. The summed E-state index contributed by atoms with van der Waals surface area (Å²) < 4.78 is 5.05. The predicted octanol–water partition coefficient (Wildman–Crippen LogP) is 1.12. The Morgan fingerprint density at radius 3 is 3.25 bits per heavy atom. The number of hydrogen-bond donors (Lipinski definition) is 0. The Labute approximate surface area is 69.7 Å². The highest BCUT2D eigenvalue weighted by Crippen LogP contribution is 2.32. The smallest absolute Gasteiger partial charge is 0.312 e. The fourth-order valence-electron chi connectivity index (χ4n) is 1.65. The predicted molar refractivity (Wildman–Crippen MR) is 42.1 cm³/mol. The fourth-order valence-corrected chi connectivity index (χ4v) is 1.65. The number of ether oxygens (including phenoxy) is 1. The van der Waals surface area contributed by atoms with Crippen LogP contribution in [-0.2, 0) is 4.74 Å². The SMILES string of the molecule is O=[N+]([O-])C1OCC2=CC=CCC21. The molecule has 0 spiro atoms. The standard InChI is InChI=1S/C8H9NO3/c10-9(11)8-7-4-2-1-3-6(7)5-12-8/h1-3,7-8H,4-5H2. The van der Waals surface area contributed by atoms with E-state index < -0.39 is 6.23 Å². The van der Waals surface area contributed by atoms with Crippen LogP contribution in [-0.4, -0.2) is 17.8 Å². The number of nitro groups is 1. The van der Waals surface area contributed by atoms with Gasteiger partial charge in [-0.25, -0.2) is 0 Å². The van der Waals surface area contributed by atoms with Crippen LogP contribution in [0.25, 0.3) is 0 Å².